The topological polar surface area (TPSA) is 75.7 Å². The molecule has 3 rings (SSSR count). The van der Waals surface area contributed by atoms with Crippen molar-refractivity contribution in [3.05, 3.63) is 54.6 Å². The van der Waals surface area contributed by atoms with E-state index in [4.69, 9.17) is 4.74 Å². The molecular weight excluding hydrogens is 364 g/mol. The molecule has 1 aliphatic heterocycles. The van der Waals surface area contributed by atoms with E-state index in [0.29, 0.717) is 23.7 Å². The van der Waals surface area contributed by atoms with Crippen LogP contribution in [-0.4, -0.2) is 35.3 Å². The highest BCUT2D eigenvalue weighted by molar-refractivity contribution is 8.01. The minimum Gasteiger partial charge on any atom is -0.492 e. The van der Waals surface area contributed by atoms with Crippen LogP contribution in [0.3, 0.4) is 0 Å². The summed E-state index contributed by atoms with van der Waals surface area (Å²) in [5.74, 6) is -0.0944. The number of nitrogens with zero attached hydrogens (tertiary/aromatic N) is 1. The van der Waals surface area contributed by atoms with Crippen LogP contribution in [0, 0.1) is 0 Å². The van der Waals surface area contributed by atoms with Gasteiger partial charge in [0, 0.05) is 6.42 Å². The number of ether oxygens (including phenoxy) is 1. The number of carbonyl (C=O) groups is 3. The standard InChI is InChI=1S/C20H20N2O4S/c1-2-26-16-11-7-6-10-15(16)21-18(23)13-27-17-12-19(24)22(20(17)25)14-8-4-3-5-9-14/h3-11,17H,2,12-13H2,1H3,(H,21,23)/t17-/m1/s1. The molecule has 3 amide bonds. The van der Waals surface area contributed by atoms with Gasteiger partial charge in [-0.25, -0.2) is 4.90 Å². The molecule has 7 heteroatoms. The van der Waals surface area contributed by atoms with Crippen molar-refractivity contribution in [2.75, 3.05) is 22.6 Å². The number of benzene rings is 2. The zero-order chi connectivity index (χ0) is 19.2. The van der Waals surface area contributed by atoms with Gasteiger partial charge in [0.2, 0.25) is 17.7 Å². The maximum absolute atomic E-state index is 12.6. The second kappa shape index (κ2) is 8.73. The summed E-state index contributed by atoms with van der Waals surface area (Å²) in [5.41, 5.74) is 1.15. The Morgan fingerprint density at radius 3 is 2.59 bits per heavy atom. The summed E-state index contributed by atoms with van der Waals surface area (Å²) < 4.78 is 5.48. The van der Waals surface area contributed by atoms with Gasteiger partial charge in [0.05, 0.1) is 29.0 Å². The molecule has 6 nitrogen and oxygen atoms in total. The zero-order valence-corrected chi connectivity index (χ0v) is 15.7. The van der Waals surface area contributed by atoms with E-state index in [1.54, 1.807) is 36.4 Å². The Labute approximate surface area is 161 Å². The van der Waals surface area contributed by atoms with Crippen LogP contribution >= 0.6 is 11.8 Å². The molecule has 1 heterocycles. The van der Waals surface area contributed by atoms with Gasteiger partial charge in [-0.2, -0.15) is 0 Å². The Morgan fingerprint density at radius 1 is 1.15 bits per heavy atom. The average Bonchev–Trinajstić information content (AvgIpc) is 2.96. The van der Waals surface area contributed by atoms with Crippen molar-refractivity contribution in [2.24, 2.45) is 0 Å². The average molecular weight is 384 g/mol. The monoisotopic (exact) mass is 384 g/mol. The number of carbonyl (C=O) groups excluding carboxylic acids is 3. The highest BCUT2D eigenvalue weighted by Crippen LogP contribution is 2.30. The van der Waals surface area contributed by atoms with Crippen molar-refractivity contribution < 1.29 is 19.1 Å². The van der Waals surface area contributed by atoms with Crippen molar-refractivity contribution in [3.63, 3.8) is 0 Å². The number of rotatable bonds is 7. The van der Waals surface area contributed by atoms with Crippen molar-refractivity contribution in [1.82, 2.24) is 0 Å². The first-order valence-electron chi connectivity index (χ1n) is 8.65. The van der Waals surface area contributed by atoms with E-state index in [1.165, 1.54) is 16.7 Å². The second-order valence-corrected chi connectivity index (χ2v) is 7.08. The molecular formula is C20H20N2O4S. The summed E-state index contributed by atoms with van der Waals surface area (Å²) in [7, 11) is 0. The van der Waals surface area contributed by atoms with Crippen molar-refractivity contribution in [1.29, 1.82) is 0 Å². The summed E-state index contributed by atoms with van der Waals surface area (Å²) in [4.78, 5) is 38.2. The SMILES string of the molecule is CCOc1ccccc1NC(=O)CS[C@@H]1CC(=O)N(c2ccccc2)C1=O. The van der Waals surface area contributed by atoms with Crippen LogP contribution in [0.25, 0.3) is 0 Å². The Kier molecular flexibility index (Phi) is 6.13. The molecule has 0 aliphatic carbocycles. The van der Waals surface area contributed by atoms with E-state index in [-0.39, 0.29) is 29.9 Å². The fraction of sp³-hybridized carbons (Fsp3) is 0.250. The maximum atomic E-state index is 12.6. The molecule has 0 spiro atoms. The predicted octanol–water partition coefficient (Wildman–Crippen LogP) is 3.09. The van der Waals surface area contributed by atoms with E-state index in [9.17, 15) is 14.4 Å². The molecule has 1 aliphatic rings. The van der Waals surface area contributed by atoms with E-state index in [0.717, 1.165) is 0 Å². The minimum absolute atomic E-state index is 0.0762. The van der Waals surface area contributed by atoms with E-state index >= 15 is 0 Å². The van der Waals surface area contributed by atoms with Gasteiger partial charge in [-0.1, -0.05) is 30.3 Å². The summed E-state index contributed by atoms with van der Waals surface area (Å²) in [6.07, 6.45) is 0.0984. The summed E-state index contributed by atoms with van der Waals surface area (Å²) in [6.45, 7) is 2.37. The van der Waals surface area contributed by atoms with Crippen LogP contribution in [0.4, 0.5) is 11.4 Å². The van der Waals surface area contributed by atoms with Gasteiger partial charge in [0.1, 0.15) is 5.75 Å². The van der Waals surface area contributed by atoms with Crippen LogP contribution in [0.5, 0.6) is 5.75 Å². The molecule has 27 heavy (non-hydrogen) atoms. The second-order valence-electron chi connectivity index (χ2n) is 5.88. The van der Waals surface area contributed by atoms with Crippen LogP contribution in [-0.2, 0) is 14.4 Å². The number of hydrogen-bond donors (Lipinski definition) is 1. The van der Waals surface area contributed by atoms with Crippen LogP contribution in [0.1, 0.15) is 13.3 Å². The number of hydrogen-bond acceptors (Lipinski definition) is 5. The third-order valence-corrected chi connectivity index (χ3v) is 5.20. The van der Waals surface area contributed by atoms with E-state index < -0.39 is 5.25 Å². The number of anilines is 2. The third kappa shape index (κ3) is 4.49. The largest absolute Gasteiger partial charge is 0.492 e. The third-order valence-electron chi connectivity index (χ3n) is 4.00. The van der Waals surface area contributed by atoms with Crippen molar-refractivity contribution >= 4 is 40.9 Å². The molecule has 2 aromatic carbocycles. The van der Waals surface area contributed by atoms with Gasteiger partial charge in [-0.3, -0.25) is 14.4 Å². The zero-order valence-electron chi connectivity index (χ0n) is 14.9. The van der Waals surface area contributed by atoms with Gasteiger partial charge in [0.15, 0.2) is 0 Å². The van der Waals surface area contributed by atoms with Crippen molar-refractivity contribution in [3.8, 4) is 5.75 Å². The lowest BCUT2D eigenvalue weighted by Gasteiger charge is -2.15. The Hall–Kier alpha value is -2.80. The molecule has 1 fully saturated rings. The van der Waals surface area contributed by atoms with Crippen LogP contribution in [0.15, 0.2) is 54.6 Å². The first-order valence-corrected chi connectivity index (χ1v) is 9.70. The fourth-order valence-electron chi connectivity index (χ4n) is 2.80. The molecule has 2 aromatic rings. The first-order chi connectivity index (χ1) is 13.1. The highest BCUT2D eigenvalue weighted by Gasteiger charge is 2.39. The molecule has 0 aromatic heterocycles. The van der Waals surface area contributed by atoms with Gasteiger partial charge in [-0.05, 0) is 31.2 Å². The smallest absolute Gasteiger partial charge is 0.247 e. The number of nitrogens with one attached hydrogen (secondary N) is 1. The lowest BCUT2D eigenvalue weighted by Crippen LogP contribution is -2.31. The van der Waals surface area contributed by atoms with Crippen molar-refractivity contribution in [2.45, 2.75) is 18.6 Å². The summed E-state index contributed by atoms with van der Waals surface area (Å²) in [6, 6.07) is 16.0. The molecule has 0 radical (unpaired) electrons. The molecule has 1 atom stereocenters. The van der Waals surface area contributed by atoms with E-state index in [2.05, 4.69) is 5.32 Å². The molecule has 0 bridgehead atoms. The first kappa shape index (κ1) is 19.0. The van der Waals surface area contributed by atoms with E-state index in [1.807, 2.05) is 25.1 Å². The summed E-state index contributed by atoms with van der Waals surface area (Å²) >= 11 is 1.18. The number of imide groups is 1. The number of para-hydroxylation sites is 3. The Morgan fingerprint density at radius 2 is 1.85 bits per heavy atom. The number of thioether (sulfide) groups is 1. The molecule has 0 unspecified atom stereocenters. The lowest BCUT2D eigenvalue weighted by atomic mass is 10.3. The van der Waals surface area contributed by atoms with Gasteiger partial charge >= 0.3 is 0 Å². The molecule has 0 saturated carbocycles. The molecule has 1 saturated heterocycles. The lowest BCUT2D eigenvalue weighted by molar-refractivity contribution is -0.121. The maximum Gasteiger partial charge on any atom is 0.247 e. The van der Waals surface area contributed by atoms with Gasteiger partial charge in [-0.15, -0.1) is 11.8 Å². The normalized spacial score (nSPS) is 16.5. The predicted molar refractivity (Wildman–Crippen MR) is 106 cm³/mol. The number of amides is 3. The molecule has 1 N–H and O–H groups in total. The van der Waals surface area contributed by atoms with Crippen LogP contribution < -0.4 is 15.0 Å². The van der Waals surface area contributed by atoms with Gasteiger partial charge < -0.3 is 10.1 Å². The Bertz CT molecular complexity index is 841. The van der Waals surface area contributed by atoms with Crippen LogP contribution in [0.2, 0.25) is 0 Å². The summed E-state index contributed by atoms with van der Waals surface area (Å²) in [5, 5.41) is 2.24. The minimum atomic E-state index is -0.550. The Balaban J connectivity index is 1.58. The quantitative estimate of drug-likeness (QED) is 0.743. The fourth-order valence-corrected chi connectivity index (χ4v) is 3.73. The van der Waals surface area contributed by atoms with Gasteiger partial charge in [0.25, 0.3) is 0 Å². The highest BCUT2D eigenvalue weighted by atomic mass is 32.2. The molecule has 140 valence electrons.